The van der Waals surface area contributed by atoms with Gasteiger partial charge in [-0.2, -0.15) is 0 Å². The van der Waals surface area contributed by atoms with E-state index < -0.39 is 18.2 Å². The number of carbonyl (C=O) groups is 2. The van der Waals surface area contributed by atoms with Gasteiger partial charge in [-0.1, -0.05) is 30.3 Å². The molecule has 0 radical (unpaired) electrons. The van der Waals surface area contributed by atoms with Crippen LogP contribution in [0.2, 0.25) is 0 Å². The molecule has 0 unspecified atom stereocenters. The zero-order valence-electron chi connectivity index (χ0n) is 16.7. The molecule has 28 heavy (non-hydrogen) atoms. The minimum absolute atomic E-state index is 0.00190. The zero-order valence-corrected chi connectivity index (χ0v) is 16.7. The lowest BCUT2D eigenvalue weighted by Gasteiger charge is -2.21. The molecule has 0 aliphatic carbocycles. The Hall–Kier alpha value is -2.86. The first-order valence-electron chi connectivity index (χ1n) is 9.38. The van der Waals surface area contributed by atoms with E-state index in [2.05, 4.69) is 0 Å². The van der Waals surface area contributed by atoms with E-state index in [4.69, 9.17) is 4.74 Å². The lowest BCUT2D eigenvalue weighted by molar-refractivity contribution is -0.128. The minimum atomic E-state index is -0.977. The minimum Gasteiger partial charge on any atom is -0.490 e. The number of hydrogen-bond acceptors (Lipinski definition) is 4. The number of aliphatic hydroxyl groups excluding tert-OH is 1. The van der Waals surface area contributed by atoms with Crippen LogP contribution >= 0.6 is 0 Å². The molecule has 1 N–H and O–H groups in total. The zero-order chi connectivity index (χ0) is 20.4. The second-order valence-electron chi connectivity index (χ2n) is 7.23. The lowest BCUT2D eigenvalue weighted by atomic mass is 10.1. The fourth-order valence-electron chi connectivity index (χ4n) is 3.41. The Morgan fingerprint density at radius 1 is 1.04 bits per heavy atom. The monoisotopic (exact) mass is 382 g/mol. The number of anilines is 1. The number of para-hydroxylation sites is 1. The third-order valence-corrected chi connectivity index (χ3v) is 5.17. The fraction of sp³-hybridized carbons (Fsp3) is 0.364. The molecule has 3 amide bonds. The smallest absolute Gasteiger partial charge is 0.332 e. The van der Waals surface area contributed by atoms with Gasteiger partial charge < -0.3 is 9.84 Å². The first-order valence-corrected chi connectivity index (χ1v) is 9.38. The summed E-state index contributed by atoms with van der Waals surface area (Å²) in [6.07, 6.45) is -0.977. The maximum absolute atomic E-state index is 12.8. The van der Waals surface area contributed by atoms with Crippen LogP contribution in [-0.4, -0.2) is 47.2 Å². The predicted molar refractivity (Wildman–Crippen MR) is 108 cm³/mol. The Bertz CT molecular complexity index is 882. The molecule has 0 aromatic heterocycles. The van der Waals surface area contributed by atoms with Crippen LogP contribution in [0.4, 0.5) is 10.5 Å². The van der Waals surface area contributed by atoms with E-state index in [1.165, 1.54) is 4.90 Å². The number of benzene rings is 2. The van der Waals surface area contributed by atoms with E-state index in [0.717, 1.165) is 27.3 Å². The maximum Gasteiger partial charge on any atom is 0.332 e. The van der Waals surface area contributed by atoms with Gasteiger partial charge in [0.1, 0.15) is 24.5 Å². The van der Waals surface area contributed by atoms with Crippen molar-refractivity contribution < 1.29 is 19.4 Å². The number of nitrogens with zero attached hydrogens (tertiary/aromatic N) is 2. The molecular formula is C22H26N2O4. The van der Waals surface area contributed by atoms with Crippen LogP contribution in [0, 0.1) is 20.8 Å². The number of urea groups is 1. The van der Waals surface area contributed by atoms with Gasteiger partial charge >= 0.3 is 6.03 Å². The summed E-state index contributed by atoms with van der Waals surface area (Å²) >= 11 is 0. The highest BCUT2D eigenvalue weighted by molar-refractivity contribution is 6.14. The molecule has 2 aromatic rings. The van der Waals surface area contributed by atoms with Gasteiger partial charge in [0.25, 0.3) is 5.91 Å². The Kier molecular flexibility index (Phi) is 5.70. The van der Waals surface area contributed by atoms with Crippen molar-refractivity contribution in [3.05, 3.63) is 59.2 Å². The molecule has 1 fully saturated rings. The van der Waals surface area contributed by atoms with Crippen LogP contribution < -0.4 is 9.64 Å². The molecular weight excluding hydrogens is 356 g/mol. The summed E-state index contributed by atoms with van der Waals surface area (Å²) < 4.78 is 5.82. The molecule has 3 rings (SSSR count). The highest BCUT2D eigenvalue weighted by Gasteiger charge is 2.43. The average molecular weight is 382 g/mol. The topological polar surface area (TPSA) is 70.1 Å². The molecule has 1 heterocycles. The van der Waals surface area contributed by atoms with Crippen molar-refractivity contribution in [2.24, 2.45) is 0 Å². The Balaban J connectivity index is 1.67. The van der Waals surface area contributed by atoms with Gasteiger partial charge in [0.15, 0.2) is 0 Å². The average Bonchev–Trinajstić information content (AvgIpc) is 2.89. The highest BCUT2D eigenvalue weighted by Crippen LogP contribution is 2.27. The molecule has 2 atom stereocenters. The van der Waals surface area contributed by atoms with Crippen LogP contribution in [0.5, 0.6) is 5.75 Å². The molecule has 1 aliphatic rings. The quantitative estimate of drug-likeness (QED) is 0.779. The number of hydrogen-bond donors (Lipinski definition) is 1. The van der Waals surface area contributed by atoms with Crippen molar-refractivity contribution in [3.8, 4) is 5.75 Å². The first kappa shape index (κ1) is 19.9. The van der Waals surface area contributed by atoms with Gasteiger partial charge in [-0.25, -0.2) is 4.79 Å². The molecule has 6 nitrogen and oxygen atoms in total. The molecule has 1 saturated heterocycles. The van der Waals surface area contributed by atoms with Gasteiger partial charge in [0.2, 0.25) is 0 Å². The Morgan fingerprint density at radius 3 is 2.36 bits per heavy atom. The number of aryl methyl sites for hydroxylation is 2. The van der Waals surface area contributed by atoms with Gasteiger partial charge in [0, 0.05) is 5.69 Å². The molecule has 148 valence electrons. The van der Waals surface area contributed by atoms with Crippen molar-refractivity contribution in [3.63, 3.8) is 0 Å². The summed E-state index contributed by atoms with van der Waals surface area (Å²) in [5.74, 6) is 0.410. The SMILES string of the molecule is Cc1ccc(C)c(OC[C@H](O)CN2C(=O)[C@@H](C)N(c3ccccc3)C2=O)c1C. The van der Waals surface area contributed by atoms with Gasteiger partial charge in [-0.15, -0.1) is 0 Å². The number of carbonyl (C=O) groups excluding carboxylic acids is 2. The Labute approximate surface area is 165 Å². The summed E-state index contributed by atoms with van der Waals surface area (Å²) in [5, 5.41) is 10.4. The molecule has 0 spiro atoms. The van der Waals surface area contributed by atoms with Crippen LogP contribution in [0.1, 0.15) is 23.6 Å². The number of amides is 3. The van der Waals surface area contributed by atoms with E-state index in [0.29, 0.717) is 5.69 Å². The van der Waals surface area contributed by atoms with Crippen molar-refractivity contribution in [2.75, 3.05) is 18.1 Å². The molecule has 0 bridgehead atoms. The van der Waals surface area contributed by atoms with Crippen molar-refractivity contribution >= 4 is 17.6 Å². The molecule has 0 saturated carbocycles. The number of β-amino-alcohol motifs (C(OH)–C–C–N with tert-alkyl or cyclic N) is 1. The third kappa shape index (κ3) is 3.73. The van der Waals surface area contributed by atoms with Crippen molar-refractivity contribution in [1.29, 1.82) is 0 Å². The van der Waals surface area contributed by atoms with E-state index in [-0.39, 0.29) is 19.1 Å². The Morgan fingerprint density at radius 2 is 1.68 bits per heavy atom. The fourth-order valence-corrected chi connectivity index (χ4v) is 3.41. The van der Waals surface area contributed by atoms with Crippen LogP contribution in [-0.2, 0) is 4.79 Å². The summed E-state index contributed by atoms with van der Waals surface area (Å²) in [5.41, 5.74) is 3.76. The summed E-state index contributed by atoms with van der Waals surface area (Å²) in [4.78, 5) is 27.9. The van der Waals surface area contributed by atoms with Gasteiger partial charge in [-0.05, 0) is 56.5 Å². The normalized spacial score (nSPS) is 18.0. The summed E-state index contributed by atoms with van der Waals surface area (Å²) in [6.45, 7) is 7.50. The number of ether oxygens (including phenoxy) is 1. The van der Waals surface area contributed by atoms with Crippen LogP contribution in [0.15, 0.2) is 42.5 Å². The summed E-state index contributed by atoms with van der Waals surface area (Å²) in [7, 11) is 0. The van der Waals surface area contributed by atoms with E-state index >= 15 is 0 Å². The van der Waals surface area contributed by atoms with Crippen molar-refractivity contribution in [1.82, 2.24) is 4.90 Å². The largest absolute Gasteiger partial charge is 0.490 e. The molecule has 1 aliphatic heterocycles. The lowest BCUT2D eigenvalue weighted by Crippen LogP contribution is -2.40. The van der Waals surface area contributed by atoms with E-state index in [1.54, 1.807) is 19.1 Å². The van der Waals surface area contributed by atoms with Gasteiger partial charge in [0.05, 0.1) is 6.54 Å². The first-order chi connectivity index (χ1) is 13.3. The number of imide groups is 1. The standard InChI is InChI=1S/C22H26N2O4/c1-14-10-11-15(2)20(16(14)3)28-13-19(25)12-23-21(26)17(4)24(22(23)27)18-8-6-5-7-9-18/h5-11,17,19,25H,12-13H2,1-4H3/t17-,19-/m1/s1. The predicted octanol–water partition coefficient (Wildman–Crippen LogP) is 3.21. The van der Waals surface area contributed by atoms with Crippen molar-refractivity contribution in [2.45, 2.75) is 39.8 Å². The maximum atomic E-state index is 12.8. The second-order valence-corrected chi connectivity index (χ2v) is 7.23. The van der Waals surface area contributed by atoms with Crippen LogP contribution in [0.3, 0.4) is 0 Å². The molecule has 6 heteroatoms. The second kappa shape index (κ2) is 8.02. The van der Waals surface area contributed by atoms with Gasteiger partial charge in [-0.3, -0.25) is 14.6 Å². The number of aliphatic hydroxyl groups is 1. The highest BCUT2D eigenvalue weighted by atomic mass is 16.5. The van der Waals surface area contributed by atoms with E-state index in [9.17, 15) is 14.7 Å². The summed E-state index contributed by atoms with van der Waals surface area (Å²) in [6, 6.07) is 12.0. The number of rotatable bonds is 6. The third-order valence-electron chi connectivity index (χ3n) is 5.17. The molecule has 2 aromatic carbocycles. The van der Waals surface area contributed by atoms with Crippen LogP contribution in [0.25, 0.3) is 0 Å². The van der Waals surface area contributed by atoms with E-state index in [1.807, 2.05) is 51.1 Å².